The molecule has 4 nitrogen and oxygen atoms in total. The largest absolute Gasteiger partial charge is 0.339 e. The van der Waals surface area contributed by atoms with Crippen molar-refractivity contribution in [2.45, 2.75) is 39.2 Å². The number of rotatable bonds is 3. The van der Waals surface area contributed by atoms with Crippen molar-refractivity contribution in [1.82, 2.24) is 9.80 Å². The number of hydrogen-bond donors (Lipinski definition) is 0. The van der Waals surface area contributed by atoms with Gasteiger partial charge in [-0.3, -0.25) is 9.69 Å². The quantitative estimate of drug-likeness (QED) is 0.739. The molecule has 0 bridgehead atoms. The van der Waals surface area contributed by atoms with Crippen LogP contribution in [-0.2, 0) is 4.79 Å². The van der Waals surface area contributed by atoms with Gasteiger partial charge in [-0.2, -0.15) is 5.26 Å². The summed E-state index contributed by atoms with van der Waals surface area (Å²) in [5.74, 6) is 0.0730. The molecule has 17 heavy (non-hydrogen) atoms. The maximum absolute atomic E-state index is 12.1. The van der Waals surface area contributed by atoms with Gasteiger partial charge in [0.05, 0.1) is 6.07 Å². The molecule has 0 aromatic carbocycles. The van der Waals surface area contributed by atoms with Gasteiger partial charge in [-0.1, -0.05) is 6.92 Å². The van der Waals surface area contributed by atoms with Gasteiger partial charge in [-0.15, -0.1) is 0 Å². The molecule has 0 N–H and O–H groups in total. The lowest BCUT2D eigenvalue weighted by atomic mass is 10.1. The number of amides is 1. The van der Waals surface area contributed by atoms with E-state index in [9.17, 15) is 4.79 Å². The first kappa shape index (κ1) is 12.4. The highest BCUT2D eigenvalue weighted by molar-refractivity contribution is 5.88. The van der Waals surface area contributed by atoms with Gasteiger partial charge >= 0.3 is 0 Å². The number of nitriles is 1. The Labute approximate surface area is 103 Å². The summed E-state index contributed by atoms with van der Waals surface area (Å²) in [5, 5.41) is 9.03. The highest BCUT2D eigenvalue weighted by Gasteiger charge is 2.52. The zero-order chi connectivity index (χ0) is 12.5. The molecule has 1 aliphatic carbocycles. The summed E-state index contributed by atoms with van der Waals surface area (Å²) in [7, 11) is 0. The minimum absolute atomic E-state index is 0.0730. The number of piperazine rings is 1. The Bertz CT molecular complexity index is 335. The highest BCUT2D eigenvalue weighted by Crippen LogP contribution is 2.46. The third-order valence-corrected chi connectivity index (χ3v) is 4.19. The molecule has 4 heteroatoms. The van der Waals surface area contributed by atoms with Crippen LogP contribution in [-0.4, -0.2) is 47.9 Å². The molecule has 0 spiro atoms. The van der Waals surface area contributed by atoms with Crippen LogP contribution in [0.5, 0.6) is 0 Å². The summed E-state index contributed by atoms with van der Waals surface area (Å²) in [6.45, 7) is 7.88. The molecule has 1 aliphatic heterocycles. The molecule has 1 heterocycles. The fourth-order valence-corrected chi connectivity index (χ4v) is 2.43. The average molecular weight is 235 g/mol. The molecule has 2 fully saturated rings. The van der Waals surface area contributed by atoms with E-state index < -0.39 is 5.41 Å². The third-order valence-electron chi connectivity index (χ3n) is 4.19. The van der Waals surface area contributed by atoms with E-state index in [2.05, 4.69) is 24.8 Å². The SMILES string of the molecule is CCC(C)N1CCN(C(=O)C2(C#N)CC2)CC1. The molecule has 1 atom stereocenters. The van der Waals surface area contributed by atoms with Crippen LogP contribution in [0, 0.1) is 16.7 Å². The summed E-state index contributed by atoms with van der Waals surface area (Å²) in [5.41, 5.74) is -0.640. The van der Waals surface area contributed by atoms with Crippen LogP contribution in [0.25, 0.3) is 0 Å². The number of hydrogen-bond acceptors (Lipinski definition) is 3. The summed E-state index contributed by atoms with van der Waals surface area (Å²) in [6, 6.07) is 2.79. The van der Waals surface area contributed by atoms with Gasteiger partial charge in [0.15, 0.2) is 0 Å². The minimum Gasteiger partial charge on any atom is -0.339 e. The van der Waals surface area contributed by atoms with E-state index >= 15 is 0 Å². The summed E-state index contributed by atoms with van der Waals surface area (Å²) >= 11 is 0. The Hall–Kier alpha value is -1.08. The molecule has 1 amide bonds. The molecule has 0 aromatic rings. The van der Waals surface area contributed by atoms with Crippen molar-refractivity contribution in [3.8, 4) is 6.07 Å². The van der Waals surface area contributed by atoms with Crippen LogP contribution in [0.15, 0.2) is 0 Å². The van der Waals surface area contributed by atoms with Crippen molar-refractivity contribution in [2.24, 2.45) is 5.41 Å². The van der Waals surface area contributed by atoms with Gasteiger partial charge in [-0.25, -0.2) is 0 Å². The maximum atomic E-state index is 12.1. The number of carbonyl (C=O) groups is 1. The Kier molecular flexibility index (Phi) is 3.39. The van der Waals surface area contributed by atoms with Crippen molar-refractivity contribution in [3.63, 3.8) is 0 Å². The first-order valence-corrected chi connectivity index (χ1v) is 6.57. The summed E-state index contributed by atoms with van der Waals surface area (Å²) in [4.78, 5) is 16.5. The van der Waals surface area contributed by atoms with Crippen molar-refractivity contribution in [2.75, 3.05) is 26.2 Å². The third kappa shape index (κ3) is 2.30. The standard InChI is InChI=1S/C13H21N3O/c1-3-11(2)15-6-8-16(9-7-15)12(17)13(10-14)4-5-13/h11H,3-9H2,1-2H3. The van der Waals surface area contributed by atoms with Gasteiger partial charge in [0.1, 0.15) is 5.41 Å². The maximum Gasteiger partial charge on any atom is 0.243 e. The lowest BCUT2D eigenvalue weighted by Gasteiger charge is -2.38. The van der Waals surface area contributed by atoms with Crippen molar-refractivity contribution >= 4 is 5.91 Å². The molecule has 94 valence electrons. The lowest BCUT2D eigenvalue weighted by Crippen LogP contribution is -2.52. The molecular formula is C13H21N3O. The van der Waals surface area contributed by atoms with Gasteiger partial charge in [-0.05, 0) is 26.2 Å². The molecule has 2 aliphatic rings. The van der Waals surface area contributed by atoms with Crippen molar-refractivity contribution < 1.29 is 4.79 Å². The van der Waals surface area contributed by atoms with Crippen molar-refractivity contribution in [1.29, 1.82) is 5.26 Å². The molecule has 1 saturated carbocycles. The van der Waals surface area contributed by atoms with Crippen LogP contribution in [0.1, 0.15) is 33.1 Å². The number of carbonyl (C=O) groups excluding carboxylic acids is 1. The Morgan fingerprint density at radius 1 is 1.35 bits per heavy atom. The monoisotopic (exact) mass is 235 g/mol. The molecule has 1 saturated heterocycles. The normalized spacial score (nSPS) is 25.1. The first-order chi connectivity index (χ1) is 8.13. The predicted octanol–water partition coefficient (Wildman–Crippen LogP) is 1.23. The lowest BCUT2D eigenvalue weighted by molar-refractivity contribution is -0.137. The average Bonchev–Trinajstić information content (AvgIpc) is 3.18. The fourth-order valence-electron chi connectivity index (χ4n) is 2.43. The molecule has 0 radical (unpaired) electrons. The van der Waals surface area contributed by atoms with E-state index in [0.717, 1.165) is 45.4 Å². The van der Waals surface area contributed by atoms with Crippen LogP contribution in [0.4, 0.5) is 0 Å². The van der Waals surface area contributed by atoms with Crippen LogP contribution < -0.4 is 0 Å². The van der Waals surface area contributed by atoms with Gasteiger partial charge in [0.25, 0.3) is 0 Å². The zero-order valence-electron chi connectivity index (χ0n) is 10.8. The van der Waals surface area contributed by atoms with E-state index in [0.29, 0.717) is 6.04 Å². The second kappa shape index (κ2) is 4.66. The second-order valence-corrected chi connectivity index (χ2v) is 5.28. The minimum atomic E-state index is -0.640. The Balaban J connectivity index is 1.88. The molecular weight excluding hydrogens is 214 g/mol. The fraction of sp³-hybridized carbons (Fsp3) is 0.846. The van der Waals surface area contributed by atoms with Gasteiger partial charge in [0.2, 0.25) is 5.91 Å². The highest BCUT2D eigenvalue weighted by atomic mass is 16.2. The Morgan fingerprint density at radius 2 is 1.94 bits per heavy atom. The number of nitrogens with zero attached hydrogens (tertiary/aromatic N) is 3. The van der Waals surface area contributed by atoms with Crippen LogP contribution in [0.2, 0.25) is 0 Å². The topological polar surface area (TPSA) is 47.3 Å². The second-order valence-electron chi connectivity index (χ2n) is 5.28. The zero-order valence-corrected chi connectivity index (χ0v) is 10.8. The van der Waals surface area contributed by atoms with E-state index in [1.165, 1.54) is 0 Å². The predicted molar refractivity (Wildman–Crippen MR) is 65.2 cm³/mol. The molecule has 0 aromatic heterocycles. The summed E-state index contributed by atoms with van der Waals surface area (Å²) in [6.07, 6.45) is 2.66. The van der Waals surface area contributed by atoms with Gasteiger partial charge < -0.3 is 4.90 Å². The first-order valence-electron chi connectivity index (χ1n) is 6.57. The van der Waals surface area contributed by atoms with Crippen LogP contribution >= 0.6 is 0 Å². The Morgan fingerprint density at radius 3 is 2.35 bits per heavy atom. The van der Waals surface area contributed by atoms with Crippen LogP contribution in [0.3, 0.4) is 0 Å². The van der Waals surface area contributed by atoms with E-state index in [4.69, 9.17) is 5.26 Å². The smallest absolute Gasteiger partial charge is 0.243 e. The van der Waals surface area contributed by atoms with Gasteiger partial charge in [0, 0.05) is 32.2 Å². The van der Waals surface area contributed by atoms with E-state index in [1.807, 2.05) is 4.90 Å². The van der Waals surface area contributed by atoms with E-state index in [-0.39, 0.29) is 5.91 Å². The summed E-state index contributed by atoms with van der Waals surface area (Å²) < 4.78 is 0. The van der Waals surface area contributed by atoms with Crippen molar-refractivity contribution in [3.05, 3.63) is 0 Å². The molecule has 1 unspecified atom stereocenters. The van der Waals surface area contributed by atoms with E-state index in [1.54, 1.807) is 0 Å². The molecule has 2 rings (SSSR count).